The molecule has 258 valence electrons. The fourth-order valence-electron chi connectivity index (χ4n) is 5.48. The van der Waals surface area contributed by atoms with E-state index in [9.17, 15) is 9.59 Å². The maximum absolute atomic E-state index is 12.4. The van der Waals surface area contributed by atoms with Crippen molar-refractivity contribution in [1.82, 2.24) is 5.32 Å². The van der Waals surface area contributed by atoms with Crippen molar-refractivity contribution in [3.8, 4) is 0 Å². The van der Waals surface area contributed by atoms with Crippen molar-refractivity contribution in [1.29, 1.82) is 0 Å². The fraction of sp³-hybridized carbons (Fsp3) is 0.750. The highest BCUT2D eigenvalue weighted by molar-refractivity contribution is 5.70. The number of carbonyl (C=O) groups excluding carboxylic acids is 2. The van der Waals surface area contributed by atoms with Crippen molar-refractivity contribution in [3.05, 3.63) is 48.6 Å². The summed E-state index contributed by atoms with van der Waals surface area (Å²) in [5.74, 6) is -0.353. The molecule has 0 amide bonds. The number of esters is 2. The topological polar surface area (TPSA) is 64.6 Å². The molecule has 0 aromatic heterocycles. The minimum atomic E-state index is -0.371. The highest BCUT2D eigenvalue weighted by Crippen LogP contribution is 2.15. The average Bonchev–Trinajstić information content (AvgIpc) is 3.46. The number of ether oxygens (including phenoxy) is 2. The van der Waals surface area contributed by atoms with Crippen LogP contribution >= 0.6 is 0 Å². The van der Waals surface area contributed by atoms with Crippen molar-refractivity contribution >= 4 is 11.9 Å². The van der Waals surface area contributed by atoms with E-state index in [0.29, 0.717) is 25.9 Å². The van der Waals surface area contributed by atoms with Gasteiger partial charge in [0.2, 0.25) is 0 Å². The second kappa shape index (κ2) is 31.8. The lowest BCUT2D eigenvalue weighted by molar-refractivity contribution is -0.164. The second-order valence-electron chi connectivity index (χ2n) is 12.7. The van der Waals surface area contributed by atoms with Crippen LogP contribution in [0.25, 0.3) is 0 Å². The zero-order valence-corrected chi connectivity index (χ0v) is 29.3. The van der Waals surface area contributed by atoms with Gasteiger partial charge in [-0.2, -0.15) is 0 Å². The van der Waals surface area contributed by atoms with Gasteiger partial charge in [-0.1, -0.05) is 127 Å². The van der Waals surface area contributed by atoms with Crippen LogP contribution in [0.2, 0.25) is 0 Å². The third-order valence-electron chi connectivity index (χ3n) is 8.33. The Morgan fingerprint density at radius 3 is 1.20 bits per heavy atom. The third-order valence-corrected chi connectivity index (χ3v) is 8.33. The molecule has 2 atom stereocenters. The monoisotopic (exact) mass is 628 g/mol. The number of allylic oxidation sites excluding steroid dienone is 8. The summed E-state index contributed by atoms with van der Waals surface area (Å²) >= 11 is 0. The largest absolute Gasteiger partial charge is 0.457 e. The van der Waals surface area contributed by atoms with E-state index < -0.39 is 0 Å². The van der Waals surface area contributed by atoms with Crippen LogP contribution in [-0.4, -0.2) is 37.2 Å². The maximum atomic E-state index is 12.4. The van der Waals surface area contributed by atoms with E-state index in [0.717, 1.165) is 64.2 Å². The molecule has 1 heterocycles. The summed E-state index contributed by atoms with van der Waals surface area (Å²) in [6.07, 6.45) is 44.0. The molecule has 0 saturated carbocycles. The first-order valence-corrected chi connectivity index (χ1v) is 18.9. The van der Waals surface area contributed by atoms with Crippen LogP contribution in [0.15, 0.2) is 48.6 Å². The Kier molecular flexibility index (Phi) is 28.9. The highest BCUT2D eigenvalue weighted by Gasteiger charge is 2.33. The van der Waals surface area contributed by atoms with E-state index in [1.54, 1.807) is 0 Å². The minimum absolute atomic E-state index is 0.177. The summed E-state index contributed by atoms with van der Waals surface area (Å²) in [6.45, 7) is 5.59. The minimum Gasteiger partial charge on any atom is -0.457 e. The summed E-state index contributed by atoms with van der Waals surface area (Å²) in [6, 6.07) is 0. The van der Waals surface area contributed by atoms with E-state index in [2.05, 4.69) is 67.8 Å². The van der Waals surface area contributed by atoms with E-state index in [1.165, 1.54) is 77.0 Å². The molecule has 1 saturated heterocycles. The summed E-state index contributed by atoms with van der Waals surface area (Å²) in [5, 5.41) is 3.20. The quantitative estimate of drug-likeness (QED) is 0.0487. The smallest absolute Gasteiger partial charge is 0.306 e. The number of hydrogen-bond acceptors (Lipinski definition) is 5. The molecule has 1 N–H and O–H groups in total. The molecule has 0 bridgehead atoms. The zero-order chi connectivity index (χ0) is 32.5. The molecule has 1 aliphatic rings. The van der Waals surface area contributed by atoms with Crippen LogP contribution in [0.1, 0.15) is 168 Å². The van der Waals surface area contributed by atoms with Gasteiger partial charge in [-0.05, 0) is 77.0 Å². The predicted octanol–water partition coefficient (Wildman–Crippen LogP) is 11.0. The summed E-state index contributed by atoms with van der Waals surface area (Å²) in [7, 11) is 0. The number of unbranched alkanes of at least 4 members (excludes halogenated alkanes) is 16. The van der Waals surface area contributed by atoms with Crippen molar-refractivity contribution in [2.75, 3.05) is 13.1 Å². The lowest BCUT2D eigenvalue weighted by atomic mass is 10.1. The van der Waals surface area contributed by atoms with Crippen LogP contribution in [0.5, 0.6) is 0 Å². The molecule has 1 aliphatic heterocycles. The fourth-order valence-corrected chi connectivity index (χ4v) is 5.48. The standard InChI is InChI=1S/C40H69NO4/c1-3-5-7-9-11-13-15-17-19-21-23-25-27-29-31-33-39(42)44-37-35-41-36-38(37)45-40(43)34-32-30-28-26-24-22-20-18-16-14-12-10-8-6-4-2/h11-14,17-20,37-38,41H,3-10,15-16,21-36H2,1-2H3. The number of hydrogen-bond donors (Lipinski definition) is 1. The van der Waals surface area contributed by atoms with E-state index >= 15 is 0 Å². The SMILES string of the molecule is CCCCCC=CCC=CCCCCCCCC(=O)OC1CNCC1OC(=O)CCCCCCCC=CCC=CCCCCC. The highest BCUT2D eigenvalue weighted by atomic mass is 16.6. The molecular formula is C40H69NO4. The molecule has 5 heteroatoms. The van der Waals surface area contributed by atoms with E-state index in [-0.39, 0.29) is 24.1 Å². The molecule has 1 fully saturated rings. The first kappa shape index (κ1) is 40.9. The Hall–Kier alpha value is -2.14. The Balaban J connectivity index is 1.98. The lowest BCUT2D eigenvalue weighted by Crippen LogP contribution is -2.33. The van der Waals surface area contributed by atoms with Gasteiger partial charge in [-0.3, -0.25) is 9.59 Å². The maximum Gasteiger partial charge on any atom is 0.306 e. The molecule has 2 unspecified atom stereocenters. The van der Waals surface area contributed by atoms with Crippen molar-refractivity contribution in [2.24, 2.45) is 0 Å². The van der Waals surface area contributed by atoms with Gasteiger partial charge < -0.3 is 14.8 Å². The van der Waals surface area contributed by atoms with Gasteiger partial charge in [0, 0.05) is 25.9 Å². The molecule has 1 rings (SSSR count). The van der Waals surface area contributed by atoms with Gasteiger partial charge in [-0.25, -0.2) is 0 Å². The number of rotatable bonds is 30. The molecule has 5 nitrogen and oxygen atoms in total. The first-order chi connectivity index (χ1) is 22.2. The van der Waals surface area contributed by atoms with Gasteiger partial charge in [-0.15, -0.1) is 0 Å². The van der Waals surface area contributed by atoms with Crippen LogP contribution in [0.4, 0.5) is 0 Å². The Bertz CT molecular complexity index is 749. The Morgan fingerprint density at radius 2 is 0.822 bits per heavy atom. The van der Waals surface area contributed by atoms with Gasteiger partial charge in [0.1, 0.15) is 0 Å². The first-order valence-electron chi connectivity index (χ1n) is 18.9. The molecule has 0 spiro atoms. The van der Waals surface area contributed by atoms with Crippen molar-refractivity contribution < 1.29 is 19.1 Å². The number of nitrogens with one attached hydrogen (secondary N) is 1. The molecule has 0 aromatic carbocycles. The van der Waals surface area contributed by atoms with Crippen LogP contribution in [0.3, 0.4) is 0 Å². The van der Waals surface area contributed by atoms with E-state index in [1.807, 2.05) is 0 Å². The van der Waals surface area contributed by atoms with E-state index in [4.69, 9.17) is 9.47 Å². The van der Waals surface area contributed by atoms with Crippen LogP contribution in [0, 0.1) is 0 Å². The van der Waals surface area contributed by atoms with Crippen molar-refractivity contribution in [3.63, 3.8) is 0 Å². The molecule has 45 heavy (non-hydrogen) atoms. The molecule has 0 aliphatic carbocycles. The lowest BCUT2D eigenvalue weighted by Gasteiger charge is -2.19. The molecular weight excluding hydrogens is 558 g/mol. The summed E-state index contributed by atoms with van der Waals surface area (Å²) in [5.41, 5.74) is 0. The van der Waals surface area contributed by atoms with Gasteiger partial charge >= 0.3 is 11.9 Å². The van der Waals surface area contributed by atoms with Crippen LogP contribution in [-0.2, 0) is 19.1 Å². The van der Waals surface area contributed by atoms with Crippen LogP contribution < -0.4 is 5.32 Å². The van der Waals surface area contributed by atoms with Gasteiger partial charge in [0.25, 0.3) is 0 Å². The molecule has 0 aromatic rings. The number of carbonyl (C=O) groups is 2. The summed E-state index contributed by atoms with van der Waals surface area (Å²) in [4.78, 5) is 24.8. The predicted molar refractivity (Wildman–Crippen MR) is 191 cm³/mol. The van der Waals surface area contributed by atoms with Gasteiger partial charge in [0.15, 0.2) is 12.2 Å². The summed E-state index contributed by atoms with van der Waals surface area (Å²) < 4.78 is 11.3. The molecule has 0 radical (unpaired) electrons. The normalized spacial score (nSPS) is 17.0. The van der Waals surface area contributed by atoms with Gasteiger partial charge in [0.05, 0.1) is 0 Å². The zero-order valence-electron chi connectivity index (χ0n) is 29.3. The van der Waals surface area contributed by atoms with Crippen molar-refractivity contribution in [2.45, 2.75) is 180 Å². The average molecular weight is 628 g/mol. The Morgan fingerprint density at radius 1 is 0.489 bits per heavy atom. The third kappa shape index (κ3) is 26.8. The second-order valence-corrected chi connectivity index (χ2v) is 12.7. The Labute approximate surface area is 277 Å².